The number of nitrogens with two attached hydrogens (primary N) is 1. The van der Waals surface area contributed by atoms with Gasteiger partial charge in [-0.25, -0.2) is 4.98 Å². The van der Waals surface area contributed by atoms with Crippen molar-refractivity contribution in [3.63, 3.8) is 0 Å². The number of rotatable bonds is 4. The van der Waals surface area contributed by atoms with Crippen molar-refractivity contribution in [1.82, 2.24) is 4.98 Å². The average Bonchev–Trinajstić information content (AvgIpc) is 2.40. The molecule has 0 aliphatic carbocycles. The highest BCUT2D eigenvalue weighted by Gasteiger charge is 2.07. The summed E-state index contributed by atoms with van der Waals surface area (Å²) < 4.78 is 5.87. The molecule has 0 aliphatic rings. The summed E-state index contributed by atoms with van der Waals surface area (Å²) in [6, 6.07) is 8.20. The number of pyridine rings is 1. The lowest BCUT2D eigenvalue weighted by atomic mass is 9.98. The average molecular weight is 270 g/mol. The Morgan fingerprint density at radius 2 is 1.90 bits per heavy atom. The number of benzene rings is 1. The van der Waals surface area contributed by atoms with Crippen LogP contribution in [0, 0.1) is 13.8 Å². The predicted octanol–water partition coefficient (Wildman–Crippen LogP) is 4.07. The van der Waals surface area contributed by atoms with Gasteiger partial charge < -0.3 is 10.5 Å². The monoisotopic (exact) mass is 270 g/mol. The van der Waals surface area contributed by atoms with E-state index in [4.69, 9.17) is 10.5 Å². The van der Waals surface area contributed by atoms with Crippen LogP contribution in [-0.4, -0.2) is 4.98 Å². The lowest BCUT2D eigenvalue weighted by Gasteiger charge is -2.13. The minimum absolute atomic E-state index is 0.496. The molecule has 0 fully saturated rings. The van der Waals surface area contributed by atoms with Crippen molar-refractivity contribution in [2.45, 2.75) is 40.2 Å². The molecule has 0 spiro atoms. The summed E-state index contributed by atoms with van der Waals surface area (Å²) in [5.74, 6) is 1.98. The van der Waals surface area contributed by atoms with E-state index in [-0.39, 0.29) is 0 Å². The van der Waals surface area contributed by atoms with Crippen LogP contribution in [0.5, 0.6) is 11.6 Å². The molecule has 1 aromatic carbocycles. The molecule has 0 amide bonds. The quantitative estimate of drug-likeness (QED) is 0.911. The van der Waals surface area contributed by atoms with Crippen molar-refractivity contribution in [3.05, 3.63) is 52.7 Å². The van der Waals surface area contributed by atoms with E-state index in [0.717, 1.165) is 16.9 Å². The van der Waals surface area contributed by atoms with Crippen LogP contribution in [0.25, 0.3) is 0 Å². The highest BCUT2D eigenvalue weighted by molar-refractivity contribution is 5.39. The summed E-state index contributed by atoms with van der Waals surface area (Å²) in [4.78, 5) is 4.33. The van der Waals surface area contributed by atoms with Gasteiger partial charge in [-0.2, -0.15) is 0 Å². The Balaban J connectivity index is 2.24. The summed E-state index contributed by atoms with van der Waals surface area (Å²) in [6.07, 6.45) is 1.76. The number of hydrogen-bond donors (Lipinski definition) is 1. The van der Waals surface area contributed by atoms with Gasteiger partial charge in [-0.05, 0) is 54.7 Å². The Hall–Kier alpha value is -1.87. The van der Waals surface area contributed by atoms with Crippen LogP contribution >= 0.6 is 0 Å². The highest BCUT2D eigenvalue weighted by Crippen LogP contribution is 2.27. The van der Waals surface area contributed by atoms with Gasteiger partial charge in [-0.3, -0.25) is 0 Å². The summed E-state index contributed by atoms with van der Waals surface area (Å²) in [6.45, 7) is 8.98. The molecule has 3 heteroatoms. The Kier molecular flexibility index (Phi) is 4.40. The van der Waals surface area contributed by atoms with Gasteiger partial charge in [0.1, 0.15) is 5.75 Å². The molecule has 0 atom stereocenters. The summed E-state index contributed by atoms with van der Waals surface area (Å²) in [5.41, 5.74) is 10.2. The minimum Gasteiger partial charge on any atom is -0.439 e. The summed E-state index contributed by atoms with van der Waals surface area (Å²) in [5, 5.41) is 0. The molecule has 0 radical (unpaired) electrons. The Labute approximate surface area is 120 Å². The van der Waals surface area contributed by atoms with Gasteiger partial charge in [0, 0.05) is 18.3 Å². The van der Waals surface area contributed by atoms with E-state index in [1.165, 1.54) is 11.1 Å². The maximum Gasteiger partial charge on any atom is 0.222 e. The lowest BCUT2D eigenvalue weighted by molar-refractivity contribution is 0.458. The fourth-order valence-electron chi connectivity index (χ4n) is 2.31. The summed E-state index contributed by atoms with van der Waals surface area (Å²) >= 11 is 0. The molecule has 0 aliphatic heterocycles. The van der Waals surface area contributed by atoms with Crippen molar-refractivity contribution in [1.29, 1.82) is 0 Å². The van der Waals surface area contributed by atoms with Crippen LogP contribution < -0.4 is 10.5 Å². The Bertz CT molecular complexity index is 606. The van der Waals surface area contributed by atoms with Crippen molar-refractivity contribution < 1.29 is 4.74 Å². The zero-order valence-corrected chi connectivity index (χ0v) is 12.6. The van der Waals surface area contributed by atoms with E-state index >= 15 is 0 Å². The van der Waals surface area contributed by atoms with Gasteiger partial charge in [-0.1, -0.05) is 19.9 Å². The van der Waals surface area contributed by atoms with Gasteiger partial charge in [0.2, 0.25) is 5.88 Å². The number of nitrogens with zero attached hydrogens (tertiary/aromatic N) is 1. The first-order valence-corrected chi connectivity index (χ1v) is 6.95. The van der Waals surface area contributed by atoms with Gasteiger partial charge in [0.25, 0.3) is 0 Å². The van der Waals surface area contributed by atoms with Crippen molar-refractivity contribution in [2.75, 3.05) is 0 Å². The number of aromatic nitrogens is 1. The smallest absolute Gasteiger partial charge is 0.222 e. The lowest BCUT2D eigenvalue weighted by Crippen LogP contribution is -2.00. The van der Waals surface area contributed by atoms with E-state index in [0.29, 0.717) is 18.3 Å². The topological polar surface area (TPSA) is 48.1 Å². The second kappa shape index (κ2) is 6.06. The molecule has 1 aromatic heterocycles. The standard InChI is InChI=1S/C17H22N2O/c1-11(2)16-6-5-15(8-12(16)3)20-17-13(4)7-14(9-18)10-19-17/h5-8,10-11H,9,18H2,1-4H3. The number of aryl methyl sites for hydroxylation is 2. The van der Waals surface area contributed by atoms with Gasteiger partial charge in [0.05, 0.1) is 0 Å². The van der Waals surface area contributed by atoms with Crippen LogP contribution in [0.1, 0.15) is 42.0 Å². The first-order chi connectivity index (χ1) is 9.51. The van der Waals surface area contributed by atoms with E-state index < -0.39 is 0 Å². The van der Waals surface area contributed by atoms with Crippen molar-refractivity contribution >= 4 is 0 Å². The third-order valence-electron chi connectivity index (χ3n) is 3.40. The first kappa shape index (κ1) is 14.5. The Morgan fingerprint density at radius 3 is 2.45 bits per heavy atom. The highest BCUT2D eigenvalue weighted by atomic mass is 16.5. The molecule has 0 saturated heterocycles. The van der Waals surface area contributed by atoms with Crippen LogP contribution in [0.15, 0.2) is 30.5 Å². The molecule has 0 bridgehead atoms. The molecule has 20 heavy (non-hydrogen) atoms. The van der Waals surface area contributed by atoms with E-state index in [1.807, 2.05) is 19.1 Å². The summed E-state index contributed by atoms with van der Waals surface area (Å²) in [7, 11) is 0. The maximum absolute atomic E-state index is 5.87. The molecule has 2 aromatic rings. The van der Waals surface area contributed by atoms with Crippen LogP contribution in [0.4, 0.5) is 0 Å². The van der Waals surface area contributed by atoms with E-state index in [9.17, 15) is 0 Å². The zero-order valence-electron chi connectivity index (χ0n) is 12.6. The third-order valence-corrected chi connectivity index (χ3v) is 3.40. The molecule has 106 valence electrons. The zero-order chi connectivity index (χ0) is 14.7. The molecule has 1 heterocycles. The molecular weight excluding hydrogens is 248 g/mol. The normalized spacial score (nSPS) is 10.9. The fraction of sp³-hybridized carbons (Fsp3) is 0.353. The van der Waals surface area contributed by atoms with Gasteiger partial charge in [0.15, 0.2) is 0 Å². The van der Waals surface area contributed by atoms with Crippen LogP contribution in [0.3, 0.4) is 0 Å². The molecule has 2 rings (SSSR count). The molecular formula is C17H22N2O. The molecule has 3 nitrogen and oxygen atoms in total. The van der Waals surface area contributed by atoms with Crippen molar-refractivity contribution in [3.8, 4) is 11.6 Å². The molecule has 0 unspecified atom stereocenters. The SMILES string of the molecule is Cc1cc(Oc2ncc(CN)cc2C)ccc1C(C)C. The van der Waals surface area contributed by atoms with Gasteiger partial charge in [-0.15, -0.1) is 0 Å². The van der Waals surface area contributed by atoms with Crippen molar-refractivity contribution in [2.24, 2.45) is 5.73 Å². The fourth-order valence-corrected chi connectivity index (χ4v) is 2.31. The second-order valence-electron chi connectivity index (χ2n) is 5.44. The minimum atomic E-state index is 0.496. The second-order valence-corrected chi connectivity index (χ2v) is 5.44. The van der Waals surface area contributed by atoms with Crippen LogP contribution in [0.2, 0.25) is 0 Å². The number of ether oxygens (including phenoxy) is 1. The van der Waals surface area contributed by atoms with E-state index in [1.54, 1.807) is 6.20 Å². The first-order valence-electron chi connectivity index (χ1n) is 6.95. The molecule has 2 N–H and O–H groups in total. The third kappa shape index (κ3) is 3.17. The largest absolute Gasteiger partial charge is 0.439 e. The Morgan fingerprint density at radius 1 is 1.15 bits per heavy atom. The maximum atomic E-state index is 5.87. The van der Waals surface area contributed by atoms with Gasteiger partial charge >= 0.3 is 0 Å². The number of hydrogen-bond acceptors (Lipinski definition) is 3. The molecule has 0 saturated carbocycles. The predicted molar refractivity (Wildman–Crippen MR) is 82.2 cm³/mol. The van der Waals surface area contributed by atoms with E-state index in [2.05, 4.69) is 37.9 Å². The van der Waals surface area contributed by atoms with Crippen LogP contribution in [-0.2, 0) is 6.54 Å².